The number of rotatable bonds is 3. The van der Waals surface area contributed by atoms with Gasteiger partial charge in [0, 0.05) is 17.6 Å². The maximum atomic E-state index is 12.8. The summed E-state index contributed by atoms with van der Waals surface area (Å²) in [5, 5.41) is 0. The van der Waals surface area contributed by atoms with Gasteiger partial charge in [-0.3, -0.25) is 4.79 Å². The standard InChI is InChI=1S/C16H23BrN2O/c1-16(2,13-3-5-14(17)6-4-13)15(20)19-9-7-12(11-18)8-10-19/h3-6,12H,7-11,18H2,1-2H3. The first-order valence-corrected chi connectivity index (χ1v) is 8.00. The van der Waals surface area contributed by atoms with Crippen molar-refractivity contribution in [3.8, 4) is 0 Å². The van der Waals surface area contributed by atoms with Crippen molar-refractivity contribution in [1.29, 1.82) is 0 Å². The summed E-state index contributed by atoms with van der Waals surface area (Å²) >= 11 is 3.43. The molecule has 1 saturated heterocycles. The van der Waals surface area contributed by atoms with Crippen molar-refractivity contribution in [3.63, 3.8) is 0 Å². The molecule has 0 radical (unpaired) electrons. The van der Waals surface area contributed by atoms with Crippen LogP contribution in [0.4, 0.5) is 0 Å². The maximum Gasteiger partial charge on any atom is 0.232 e. The summed E-state index contributed by atoms with van der Waals surface area (Å²) in [5.74, 6) is 0.796. The molecule has 1 heterocycles. The first-order valence-electron chi connectivity index (χ1n) is 7.20. The Morgan fingerprint density at radius 1 is 1.30 bits per heavy atom. The summed E-state index contributed by atoms with van der Waals surface area (Å²) in [5.41, 5.74) is 6.29. The van der Waals surface area contributed by atoms with Crippen LogP contribution in [0.15, 0.2) is 28.7 Å². The van der Waals surface area contributed by atoms with Gasteiger partial charge in [0.15, 0.2) is 0 Å². The normalized spacial score (nSPS) is 17.3. The number of nitrogens with two attached hydrogens (primary N) is 1. The number of halogens is 1. The quantitative estimate of drug-likeness (QED) is 0.920. The first-order chi connectivity index (χ1) is 9.45. The maximum absolute atomic E-state index is 12.8. The highest BCUT2D eigenvalue weighted by molar-refractivity contribution is 9.10. The van der Waals surface area contributed by atoms with E-state index in [0.717, 1.165) is 42.5 Å². The topological polar surface area (TPSA) is 46.3 Å². The van der Waals surface area contributed by atoms with Crippen molar-refractivity contribution in [3.05, 3.63) is 34.3 Å². The first kappa shape index (κ1) is 15.5. The van der Waals surface area contributed by atoms with Gasteiger partial charge in [0.25, 0.3) is 0 Å². The molecular formula is C16H23BrN2O. The molecule has 2 rings (SSSR count). The van der Waals surface area contributed by atoms with Gasteiger partial charge in [0.05, 0.1) is 5.41 Å². The molecular weight excluding hydrogens is 316 g/mol. The van der Waals surface area contributed by atoms with Crippen LogP contribution in [0.3, 0.4) is 0 Å². The molecule has 1 aliphatic heterocycles. The van der Waals surface area contributed by atoms with E-state index in [9.17, 15) is 4.79 Å². The Morgan fingerprint density at radius 2 is 1.85 bits per heavy atom. The van der Waals surface area contributed by atoms with Gasteiger partial charge in [-0.1, -0.05) is 28.1 Å². The summed E-state index contributed by atoms with van der Waals surface area (Å²) in [6.07, 6.45) is 2.05. The van der Waals surface area contributed by atoms with Crippen LogP contribution in [0.25, 0.3) is 0 Å². The predicted octanol–water partition coefficient (Wildman–Crippen LogP) is 2.92. The van der Waals surface area contributed by atoms with Gasteiger partial charge in [-0.15, -0.1) is 0 Å². The van der Waals surface area contributed by atoms with E-state index in [2.05, 4.69) is 15.9 Å². The van der Waals surface area contributed by atoms with Crippen molar-refractivity contribution in [2.45, 2.75) is 32.1 Å². The Labute approximate surface area is 129 Å². The number of nitrogens with zero attached hydrogens (tertiary/aromatic N) is 1. The molecule has 1 fully saturated rings. The van der Waals surface area contributed by atoms with Gasteiger partial charge in [-0.05, 0) is 56.8 Å². The van der Waals surface area contributed by atoms with Crippen LogP contribution in [0, 0.1) is 5.92 Å². The van der Waals surface area contributed by atoms with Crippen LogP contribution < -0.4 is 5.73 Å². The minimum Gasteiger partial charge on any atom is -0.342 e. The lowest BCUT2D eigenvalue weighted by Crippen LogP contribution is -2.47. The summed E-state index contributed by atoms with van der Waals surface area (Å²) in [6.45, 7) is 6.42. The second-order valence-electron chi connectivity index (χ2n) is 6.10. The average Bonchev–Trinajstić information content (AvgIpc) is 2.47. The number of benzene rings is 1. The van der Waals surface area contributed by atoms with Gasteiger partial charge < -0.3 is 10.6 Å². The summed E-state index contributed by atoms with van der Waals surface area (Å²) in [6, 6.07) is 8.03. The van der Waals surface area contributed by atoms with E-state index in [1.165, 1.54) is 0 Å². The molecule has 1 aromatic carbocycles. The monoisotopic (exact) mass is 338 g/mol. The van der Waals surface area contributed by atoms with Crippen LogP contribution in [-0.2, 0) is 10.2 Å². The minimum absolute atomic E-state index is 0.218. The zero-order chi connectivity index (χ0) is 14.8. The van der Waals surface area contributed by atoms with Crippen LogP contribution in [-0.4, -0.2) is 30.4 Å². The van der Waals surface area contributed by atoms with E-state index in [1.807, 2.05) is 43.0 Å². The van der Waals surface area contributed by atoms with Gasteiger partial charge >= 0.3 is 0 Å². The number of piperidine rings is 1. The van der Waals surface area contributed by atoms with Gasteiger partial charge in [-0.25, -0.2) is 0 Å². The zero-order valence-corrected chi connectivity index (χ0v) is 13.8. The fourth-order valence-electron chi connectivity index (χ4n) is 2.76. The lowest BCUT2D eigenvalue weighted by molar-refractivity contribution is -0.137. The van der Waals surface area contributed by atoms with E-state index >= 15 is 0 Å². The van der Waals surface area contributed by atoms with Crippen LogP contribution in [0.5, 0.6) is 0 Å². The highest BCUT2D eigenvalue weighted by Crippen LogP contribution is 2.29. The third-order valence-electron chi connectivity index (χ3n) is 4.34. The molecule has 1 aromatic rings. The molecule has 0 aromatic heterocycles. The molecule has 2 N–H and O–H groups in total. The zero-order valence-electron chi connectivity index (χ0n) is 12.2. The third-order valence-corrected chi connectivity index (χ3v) is 4.86. The molecule has 0 saturated carbocycles. The third kappa shape index (κ3) is 3.23. The number of carbonyl (C=O) groups excluding carboxylic acids is 1. The Balaban J connectivity index is 2.09. The van der Waals surface area contributed by atoms with Crippen molar-refractivity contribution in [2.24, 2.45) is 11.7 Å². The molecule has 0 bridgehead atoms. The van der Waals surface area contributed by atoms with E-state index in [4.69, 9.17) is 5.73 Å². The Hall–Kier alpha value is -0.870. The SMILES string of the molecule is CC(C)(C(=O)N1CCC(CN)CC1)c1ccc(Br)cc1. The number of carbonyl (C=O) groups is 1. The van der Waals surface area contributed by atoms with Gasteiger partial charge in [0.1, 0.15) is 0 Å². The largest absolute Gasteiger partial charge is 0.342 e. The average molecular weight is 339 g/mol. The molecule has 1 amide bonds. The van der Waals surface area contributed by atoms with Crippen molar-refractivity contribution >= 4 is 21.8 Å². The van der Waals surface area contributed by atoms with E-state index in [1.54, 1.807) is 0 Å². The molecule has 3 nitrogen and oxygen atoms in total. The fourth-order valence-corrected chi connectivity index (χ4v) is 3.02. The second kappa shape index (κ2) is 6.27. The molecule has 0 atom stereocenters. The highest BCUT2D eigenvalue weighted by atomic mass is 79.9. The van der Waals surface area contributed by atoms with Crippen molar-refractivity contribution in [1.82, 2.24) is 4.90 Å². The molecule has 0 unspecified atom stereocenters. The number of likely N-dealkylation sites (tertiary alicyclic amines) is 1. The number of hydrogen-bond donors (Lipinski definition) is 1. The molecule has 0 aliphatic carbocycles. The van der Waals surface area contributed by atoms with Crippen LogP contribution >= 0.6 is 15.9 Å². The number of amides is 1. The molecule has 110 valence electrons. The van der Waals surface area contributed by atoms with Gasteiger partial charge in [0.2, 0.25) is 5.91 Å². The lowest BCUT2D eigenvalue weighted by atomic mass is 9.82. The van der Waals surface area contributed by atoms with Gasteiger partial charge in [-0.2, -0.15) is 0 Å². The lowest BCUT2D eigenvalue weighted by Gasteiger charge is -2.37. The molecule has 4 heteroatoms. The molecule has 20 heavy (non-hydrogen) atoms. The summed E-state index contributed by atoms with van der Waals surface area (Å²) in [7, 11) is 0. The minimum atomic E-state index is -0.476. The fraction of sp³-hybridized carbons (Fsp3) is 0.562. The smallest absolute Gasteiger partial charge is 0.232 e. The Kier molecular flexibility index (Phi) is 4.86. The van der Waals surface area contributed by atoms with E-state index < -0.39 is 5.41 Å². The Bertz CT molecular complexity index is 462. The molecule has 1 aliphatic rings. The Morgan fingerprint density at radius 3 is 2.35 bits per heavy atom. The van der Waals surface area contributed by atoms with Crippen LogP contribution in [0.2, 0.25) is 0 Å². The summed E-state index contributed by atoms with van der Waals surface area (Å²) < 4.78 is 1.04. The van der Waals surface area contributed by atoms with Crippen molar-refractivity contribution in [2.75, 3.05) is 19.6 Å². The van der Waals surface area contributed by atoms with Crippen LogP contribution in [0.1, 0.15) is 32.3 Å². The highest BCUT2D eigenvalue weighted by Gasteiger charge is 2.35. The molecule has 0 spiro atoms. The second-order valence-corrected chi connectivity index (χ2v) is 7.02. The van der Waals surface area contributed by atoms with E-state index in [-0.39, 0.29) is 5.91 Å². The van der Waals surface area contributed by atoms with Crippen molar-refractivity contribution < 1.29 is 4.79 Å². The number of hydrogen-bond acceptors (Lipinski definition) is 2. The summed E-state index contributed by atoms with van der Waals surface area (Å²) in [4.78, 5) is 14.8. The van der Waals surface area contributed by atoms with E-state index in [0.29, 0.717) is 5.92 Å². The predicted molar refractivity (Wildman–Crippen MR) is 85.5 cm³/mol.